The molecule has 9 heteroatoms. The molecule has 27 heavy (non-hydrogen) atoms. The zero-order chi connectivity index (χ0) is 20.0. The number of carbonyl (C=O) groups is 1. The summed E-state index contributed by atoms with van der Waals surface area (Å²) in [5.74, 6) is -0.361. The van der Waals surface area contributed by atoms with Gasteiger partial charge in [-0.15, -0.1) is 5.10 Å². The number of unbranched alkanes of at least 4 members (excludes halogenated alkanes) is 1. The Morgan fingerprint density at radius 3 is 2.78 bits per heavy atom. The van der Waals surface area contributed by atoms with Crippen LogP contribution in [-0.2, 0) is 20.8 Å². The van der Waals surface area contributed by atoms with E-state index in [0.29, 0.717) is 19.5 Å². The van der Waals surface area contributed by atoms with Crippen molar-refractivity contribution in [3.63, 3.8) is 0 Å². The van der Waals surface area contributed by atoms with Crippen LogP contribution >= 0.6 is 0 Å². The van der Waals surface area contributed by atoms with Crippen molar-refractivity contribution < 1.29 is 23.4 Å². The van der Waals surface area contributed by atoms with Crippen molar-refractivity contribution in [1.29, 1.82) is 0 Å². The molecule has 9 nitrogen and oxygen atoms in total. The monoisotopic (exact) mass is 385 g/mol. The smallest absolute Gasteiger partial charge is 0.437 e. The Morgan fingerprint density at radius 2 is 2.15 bits per heavy atom. The highest BCUT2D eigenvalue weighted by atomic mass is 16.7. The van der Waals surface area contributed by atoms with E-state index in [-0.39, 0.29) is 18.7 Å². The molecule has 0 radical (unpaired) electrons. The first-order valence-electron chi connectivity index (χ1n) is 9.44. The zero-order valence-corrected chi connectivity index (χ0v) is 16.9. The van der Waals surface area contributed by atoms with E-state index >= 15 is 0 Å². The highest BCUT2D eigenvalue weighted by Gasteiger charge is 2.41. The van der Waals surface area contributed by atoms with Gasteiger partial charge in [-0.1, -0.05) is 13.3 Å². The molecule has 0 spiro atoms. The van der Waals surface area contributed by atoms with Gasteiger partial charge in [-0.2, -0.15) is 4.68 Å². The third-order valence-corrected chi connectivity index (χ3v) is 4.23. The predicted molar refractivity (Wildman–Crippen MR) is 97.3 cm³/mol. The van der Waals surface area contributed by atoms with Gasteiger partial charge >= 0.3 is 11.8 Å². The van der Waals surface area contributed by atoms with E-state index in [1.807, 2.05) is 27.7 Å². The van der Waals surface area contributed by atoms with Gasteiger partial charge in [0.2, 0.25) is 5.89 Å². The summed E-state index contributed by atoms with van der Waals surface area (Å²) >= 11 is 0. The molecule has 0 aromatic carbocycles. The molecule has 1 unspecified atom stereocenters. The summed E-state index contributed by atoms with van der Waals surface area (Å²) in [6, 6.07) is -0.340. The van der Waals surface area contributed by atoms with Gasteiger partial charge in [0, 0.05) is 20.2 Å². The van der Waals surface area contributed by atoms with Gasteiger partial charge in [0.15, 0.2) is 6.10 Å². The fraction of sp³-hybridized carbons (Fsp3) is 0.833. The van der Waals surface area contributed by atoms with Gasteiger partial charge in [-0.3, -0.25) is 0 Å². The molecule has 2 rings (SSSR count). The number of carbonyl (C=O) groups excluding carboxylic acids is 1. The van der Waals surface area contributed by atoms with E-state index in [4.69, 9.17) is 18.6 Å². The number of methoxy groups -OCH3 is 1. The van der Waals surface area contributed by atoms with Crippen LogP contribution in [0.15, 0.2) is 9.21 Å². The Morgan fingerprint density at radius 1 is 1.41 bits per heavy atom. The first-order valence-corrected chi connectivity index (χ1v) is 9.44. The molecule has 0 aliphatic carbocycles. The van der Waals surface area contributed by atoms with Crippen molar-refractivity contribution in [2.75, 3.05) is 20.4 Å². The molecule has 0 saturated carbocycles. The van der Waals surface area contributed by atoms with Gasteiger partial charge in [-0.05, 0) is 40.0 Å². The maximum atomic E-state index is 12.6. The average molecular weight is 385 g/mol. The number of ether oxygens (including phenoxy) is 3. The van der Waals surface area contributed by atoms with Gasteiger partial charge in [0.05, 0.1) is 6.04 Å². The molecule has 0 bridgehead atoms. The lowest BCUT2D eigenvalue weighted by molar-refractivity contribution is -0.106. The van der Waals surface area contributed by atoms with Crippen molar-refractivity contribution in [2.45, 2.75) is 77.7 Å². The predicted octanol–water partition coefficient (Wildman–Crippen LogP) is 2.70. The molecule has 1 aromatic heterocycles. The van der Waals surface area contributed by atoms with E-state index < -0.39 is 23.6 Å². The van der Waals surface area contributed by atoms with Crippen LogP contribution in [0.4, 0.5) is 4.79 Å². The molecule has 1 aliphatic rings. The SMILES string of the molecule is CCCCn1nc(C(OCOC)[C@@H]2CCCN2C(=O)OC(C)(C)C)oc1=O. The largest absolute Gasteiger partial charge is 0.444 e. The van der Waals surface area contributed by atoms with E-state index in [1.165, 1.54) is 11.8 Å². The van der Waals surface area contributed by atoms with E-state index in [2.05, 4.69) is 5.10 Å². The summed E-state index contributed by atoms with van der Waals surface area (Å²) in [7, 11) is 1.51. The molecule has 154 valence electrons. The first kappa shape index (κ1) is 21.4. The van der Waals surface area contributed by atoms with Gasteiger partial charge in [0.1, 0.15) is 12.4 Å². The minimum Gasteiger partial charge on any atom is -0.444 e. The molecule has 1 fully saturated rings. The number of likely N-dealkylation sites (tertiary alicyclic amines) is 1. The summed E-state index contributed by atoms with van der Waals surface area (Å²) in [6.07, 6.45) is 2.15. The number of aromatic nitrogens is 2. The van der Waals surface area contributed by atoms with Crippen LogP contribution in [0.2, 0.25) is 0 Å². The maximum Gasteiger partial charge on any atom is 0.437 e. The lowest BCUT2D eigenvalue weighted by Gasteiger charge is -2.31. The Bertz CT molecular complexity index is 663. The van der Waals surface area contributed by atoms with E-state index in [9.17, 15) is 9.59 Å². The van der Waals surface area contributed by atoms with Crippen LogP contribution in [0.25, 0.3) is 0 Å². The summed E-state index contributed by atoms with van der Waals surface area (Å²) in [5.41, 5.74) is -0.596. The van der Waals surface area contributed by atoms with Crippen LogP contribution in [0.5, 0.6) is 0 Å². The Hall–Kier alpha value is -1.87. The molecule has 1 amide bonds. The quantitative estimate of drug-likeness (QED) is 0.635. The molecule has 2 heterocycles. The van der Waals surface area contributed by atoms with Crippen LogP contribution in [0.1, 0.15) is 65.4 Å². The van der Waals surface area contributed by atoms with Gasteiger partial charge in [-0.25, -0.2) is 9.59 Å². The lowest BCUT2D eigenvalue weighted by atomic mass is 10.1. The summed E-state index contributed by atoms with van der Waals surface area (Å²) in [6.45, 7) is 8.53. The minimum atomic E-state index is -0.699. The normalized spacial score (nSPS) is 18.7. The topological polar surface area (TPSA) is 96.0 Å². The summed E-state index contributed by atoms with van der Waals surface area (Å²) < 4.78 is 22.9. The molecular weight excluding hydrogens is 354 g/mol. The van der Waals surface area contributed by atoms with Gasteiger partial charge in [0.25, 0.3) is 0 Å². The fourth-order valence-corrected chi connectivity index (χ4v) is 3.03. The molecule has 0 N–H and O–H groups in total. The number of hydrogen-bond donors (Lipinski definition) is 0. The van der Waals surface area contributed by atoms with E-state index in [0.717, 1.165) is 19.3 Å². The summed E-state index contributed by atoms with van der Waals surface area (Å²) in [5, 5.41) is 4.29. The summed E-state index contributed by atoms with van der Waals surface area (Å²) in [4.78, 5) is 26.3. The van der Waals surface area contributed by atoms with Crippen molar-refractivity contribution in [2.24, 2.45) is 0 Å². The molecule has 1 aromatic rings. The van der Waals surface area contributed by atoms with Crippen molar-refractivity contribution in [3.8, 4) is 0 Å². The van der Waals surface area contributed by atoms with Crippen LogP contribution < -0.4 is 5.76 Å². The molecule has 2 atom stereocenters. The number of hydrogen-bond acceptors (Lipinski definition) is 7. The maximum absolute atomic E-state index is 12.6. The van der Waals surface area contributed by atoms with Crippen LogP contribution in [-0.4, -0.2) is 52.9 Å². The van der Waals surface area contributed by atoms with Crippen molar-refractivity contribution >= 4 is 6.09 Å². The lowest BCUT2D eigenvalue weighted by Crippen LogP contribution is -2.43. The highest BCUT2D eigenvalue weighted by Crippen LogP contribution is 2.32. The fourth-order valence-electron chi connectivity index (χ4n) is 3.03. The zero-order valence-electron chi connectivity index (χ0n) is 16.9. The third kappa shape index (κ3) is 5.80. The number of rotatable bonds is 8. The molecule has 1 saturated heterocycles. The second kappa shape index (κ2) is 9.36. The van der Waals surface area contributed by atoms with E-state index in [1.54, 1.807) is 4.90 Å². The number of aryl methyl sites for hydroxylation is 1. The standard InChI is InChI=1S/C18H31N3O6/c1-6-7-11-21-17(23)26-15(19-21)14(25-12-24-5)13-9-8-10-20(13)16(22)27-18(2,3)4/h13-14H,6-12H2,1-5H3/t13-,14?/m0/s1. The van der Waals surface area contributed by atoms with Crippen LogP contribution in [0, 0.1) is 0 Å². The number of amides is 1. The Kier molecular flexibility index (Phi) is 7.43. The minimum absolute atomic E-state index is 0.00510. The van der Waals surface area contributed by atoms with Crippen molar-refractivity contribution in [3.05, 3.63) is 16.4 Å². The highest BCUT2D eigenvalue weighted by molar-refractivity contribution is 5.69. The molecular formula is C18H31N3O6. The van der Waals surface area contributed by atoms with Crippen LogP contribution in [0.3, 0.4) is 0 Å². The Labute approximate surface area is 159 Å². The number of nitrogens with zero attached hydrogens (tertiary/aromatic N) is 3. The first-order chi connectivity index (χ1) is 12.8. The van der Waals surface area contributed by atoms with Crippen molar-refractivity contribution in [1.82, 2.24) is 14.7 Å². The molecule has 1 aliphatic heterocycles. The third-order valence-electron chi connectivity index (χ3n) is 4.23. The average Bonchev–Trinajstić information content (AvgIpc) is 3.19. The Balaban J connectivity index is 2.24. The second-order valence-corrected chi connectivity index (χ2v) is 7.66. The van der Waals surface area contributed by atoms with Gasteiger partial charge < -0.3 is 23.5 Å². The second-order valence-electron chi connectivity index (χ2n) is 7.66.